The molecule has 2 N–H and O–H groups in total. The number of nitrogens with zero attached hydrogens (tertiary/aromatic N) is 1. The van der Waals surface area contributed by atoms with Gasteiger partial charge in [-0.25, -0.2) is 4.79 Å². The molecule has 4 amide bonds. The summed E-state index contributed by atoms with van der Waals surface area (Å²) in [5.74, 6) is 0.915. The number of carbonyl (C=O) groups excluding carboxylic acids is 3. The van der Waals surface area contributed by atoms with Gasteiger partial charge in [-0.05, 0) is 42.3 Å². The van der Waals surface area contributed by atoms with Crippen LogP contribution in [-0.2, 0) is 11.3 Å². The van der Waals surface area contributed by atoms with Crippen molar-refractivity contribution >= 4 is 17.8 Å². The minimum atomic E-state index is -0.398. The fraction of sp³-hybridized carbons (Fsp3) is 0.286. The summed E-state index contributed by atoms with van der Waals surface area (Å²) in [6.45, 7) is 3.14. The number of fused-ring (bicyclic) bond motifs is 1. The molecule has 4 rings (SSSR count). The quantitative estimate of drug-likeness (QED) is 0.755. The third kappa shape index (κ3) is 4.01. The highest BCUT2D eigenvalue weighted by Gasteiger charge is 2.28. The largest absolute Gasteiger partial charge is 0.486 e. The first-order valence-electron chi connectivity index (χ1n) is 9.39. The van der Waals surface area contributed by atoms with Crippen LogP contribution in [-0.4, -0.2) is 42.5 Å². The number of nitrogens with one attached hydrogen (secondary N) is 2. The second-order valence-corrected chi connectivity index (χ2v) is 6.93. The average Bonchev–Trinajstić information content (AvgIpc) is 3.06. The molecule has 0 aliphatic carbocycles. The van der Waals surface area contributed by atoms with Gasteiger partial charge in [0.1, 0.15) is 13.2 Å². The Morgan fingerprint density at radius 3 is 2.52 bits per heavy atom. The summed E-state index contributed by atoms with van der Waals surface area (Å²) in [4.78, 5) is 37.0. The molecule has 29 heavy (non-hydrogen) atoms. The number of amides is 4. The number of ether oxygens (including phenoxy) is 2. The van der Waals surface area contributed by atoms with Crippen molar-refractivity contribution in [2.75, 3.05) is 19.8 Å². The van der Waals surface area contributed by atoms with Crippen molar-refractivity contribution in [1.29, 1.82) is 0 Å². The van der Waals surface area contributed by atoms with Crippen LogP contribution in [0.3, 0.4) is 0 Å². The van der Waals surface area contributed by atoms with Crippen molar-refractivity contribution < 1.29 is 23.9 Å². The van der Waals surface area contributed by atoms with Crippen LogP contribution in [0.1, 0.15) is 34.5 Å². The van der Waals surface area contributed by atoms with Crippen LogP contribution in [0.2, 0.25) is 0 Å². The summed E-state index contributed by atoms with van der Waals surface area (Å²) in [5, 5.41) is 5.44. The fourth-order valence-electron chi connectivity index (χ4n) is 3.25. The molecule has 0 bridgehead atoms. The molecule has 0 saturated carbocycles. The molecular weight excluding hydrogens is 374 g/mol. The molecule has 2 aromatic rings. The molecule has 2 aliphatic rings. The monoisotopic (exact) mass is 395 g/mol. The van der Waals surface area contributed by atoms with E-state index in [0.29, 0.717) is 30.3 Å². The first-order valence-corrected chi connectivity index (χ1v) is 9.39. The third-order valence-corrected chi connectivity index (χ3v) is 4.91. The second kappa shape index (κ2) is 7.83. The zero-order valence-corrected chi connectivity index (χ0v) is 15.9. The van der Waals surface area contributed by atoms with Crippen molar-refractivity contribution in [3.63, 3.8) is 0 Å². The lowest BCUT2D eigenvalue weighted by Gasteiger charge is -2.21. The molecule has 8 nitrogen and oxygen atoms in total. The van der Waals surface area contributed by atoms with Crippen LogP contribution < -0.4 is 20.1 Å². The van der Waals surface area contributed by atoms with Gasteiger partial charge in [0.25, 0.3) is 5.91 Å². The van der Waals surface area contributed by atoms with E-state index in [0.717, 1.165) is 16.0 Å². The van der Waals surface area contributed by atoms with Crippen LogP contribution in [0.15, 0.2) is 42.5 Å². The number of hydrogen-bond donors (Lipinski definition) is 2. The third-order valence-electron chi connectivity index (χ3n) is 4.91. The van der Waals surface area contributed by atoms with Crippen LogP contribution in [0.5, 0.6) is 11.5 Å². The number of hydrogen-bond acceptors (Lipinski definition) is 5. The average molecular weight is 395 g/mol. The summed E-state index contributed by atoms with van der Waals surface area (Å²) >= 11 is 0. The van der Waals surface area contributed by atoms with Gasteiger partial charge in [0.15, 0.2) is 11.5 Å². The van der Waals surface area contributed by atoms with E-state index in [4.69, 9.17) is 9.47 Å². The summed E-state index contributed by atoms with van der Waals surface area (Å²) in [6.07, 6.45) is 0. The van der Waals surface area contributed by atoms with Gasteiger partial charge in [-0.1, -0.05) is 18.2 Å². The van der Waals surface area contributed by atoms with Gasteiger partial charge in [0, 0.05) is 5.56 Å². The predicted octanol–water partition coefficient (Wildman–Crippen LogP) is 2.00. The van der Waals surface area contributed by atoms with Gasteiger partial charge >= 0.3 is 6.03 Å². The molecule has 0 spiro atoms. The highest BCUT2D eigenvalue weighted by Crippen LogP contribution is 2.32. The smallest absolute Gasteiger partial charge is 0.324 e. The van der Waals surface area contributed by atoms with E-state index in [1.807, 2.05) is 25.1 Å². The van der Waals surface area contributed by atoms with E-state index in [1.54, 1.807) is 24.3 Å². The summed E-state index contributed by atoms with van der Waals surface area (Å²) in [6, 6.07) is 11.8. The van der Waals surface area contributed by atoms with E-state index in [1.165, 1.54) is 0 Å². The molecule has 1 unspecified atom stereocenters. The van der Waals surface area contributed by atoms with Crippen LogP contribution >= 0.6 is 0 Å². The van der Waals surface area contributed by atoms with Crippen molar-refractivity contribution in [3.8, 4) is 11.5 Å². The molecule has 2 aromatic carbocycles. The van der Waals surface area contributed by atoms with Crippen LogP contribution in [0, 0.1) is 0 Å². The Balaban J connectivity index is 1.39. The summed E-state index contributed by atoms with van der Waals surface area (Å²) < 4.78 is 11.1. The normalized spacial score (nSPS) is 16.4. The van der Waals surface area contributed by atoms with Gasteiger partial charge in [-0.15, -0.1) is 0 Å². The van der Waals surface area contributed by atoms with E-state index in [9.17, 15) is 14.4 Å². The number of rotatable bonds is 5. The molecule has 1 atom stereocenters. The van der Waals surface area contributed by atoms with Crippen molar-refractivity contribution in [2.24, 2.45) is 0 Å². The number of benzene rings is 2. The Morgan fingerprint density at radius 2 is 1.83 bits per heavy atom. The van der Waals surface area contributed by atoms with Gasteiger partial charge in [-0.2, -0.15) is 0 Å². The maximum absolute atomic E-state index is 12.6. The number of carbonyl (C=O) groups is 3. The zero-order valence-electron chi connectivity index (χ0n) is 15.9. The topological polar surface area (TPSA) is 97.0 Å². The Hall–Kier alpha value is -3.55. The Labute approximate surface area is 167 Å². The molecule has 0 aromatic heterocycles. The maximum atomic E-state index is 12.6. The van der Waals surface area contributed by atoms with E-state index in [-0.39, 0.29) is 30.9 Å². The van der Waals surface area contributed by atoms with E-state index < -0.39 is 6.03 Å². The summed E-state index contributed by atoms with van der Waals surface area (Å²) in [7, 11) is 0. The van der Waals surface area contributed by atoms with Crippen molar-refractivity contribution in [2.45, 2.75) is 19.5 Å². The lowest BCUT2D eigenvalue weighted by molar-refractivity contribution is -0.125. The van der Waals surface area contributed by atoms with Gasteiger partial charge in [0.2, 0.25) is 5.91 Å². The zero-order chi connectivity index (χ0) is 20.4. The second-order valence-electron chi connectivity index (χ2n) is 6.93. The minimum Gasteiger partial charge on any atom is -0.486 e. The van der Waals surface area contributed by atoms with Crippen LogP contribution in [0.4, 0.5) is 4.79 Å². The fourth-order valence-corrected chi connectivity index (χ4v) is 3.25. The molecule has 1 fully saturated rings. The summed E-state index contributed by atoms with van der Waals surface area (Å²) in [5.41, 5.74) is 2.18. The van der Waals surface area contributed by atoms with Gasteiger partial charge in [0.05, 0.1) is 19.1 Å². The first kappa shape index (κ1) is 18.8. The highest BCUT2D eigenvalue weighted by atomic mass is 16.6. The van der Waals surface area contributed by atoms with E-state index >= 15 is 0 Å². The number of imide groups is 1. The van der Waals surface area contributed by atoms with E-state index in [2.05, 4.69) is 10.6 Å². The van der Waals surface area contributed by atoms with Crippen LogP contribution in [0.25, 0.3) is 0 Å². The van der Waals surface area contributed by atoms with Crippen molar-refractivity contribution in [3.05, 3.63) is 59.2 Å². The van der Waals surface area contributed by atoms with Gasteiger partial charge < -0.3 is 20.1 Å². The Bertz CT molecular complexity index is 941. The van der Waals surface area contributed by atoms with Gasteiger partial charge in [-0.3, -0.25) is 14.5 Å². The predicted molar refractivity (Wildman–Crippen MR) is 104 cm³/mol. The van der Waals surface area contributed by atoms with Crippen molar-refractivity contribution in [1.82, 2.24) is 15.5 Å². The Morgan fingerprint density at radius 1 is 1.10 bits per heavy atom. The lowest BCUT2D eigenvalue weighted by atomic mass is 10.1. The molecule has 2 aliphatic heterocycles. The Kier molecular flexibility index (Phi) is 5.07. The molecule has 1 saturated heterocycles. The molecule has 8 heteroatoms. The molecule has 0 radical (unpaired) electrons. The molecule has 2 heterocycles. The first-order chi connectivity index (χ1) is 14.0. The molecule has 150 valence electrons. The number of urea groups is 1. The highest BCUT2D eigenvalue weighted by molar-refractivity contribution is 6.01. The lowest BCUT2D eigenvalue weighted by Crippen LogP contribution is -2.30. The molecular formula is C21H21N3O5. The minimum absolute atomic E-state index is 0.0249. The maximum Gasteiger partial charge on any atom is 0.324 e. The standard InChI is InChI=1S/C21H21N3O5/c1-13(16-6-7-17-18(10-16)29-9-8-28-17)23-20(26)15-4-2-14(3-5-15)12-24-19(25)11-22-21(24)27/h2-7,10,13H,8-9,11-12H2,1H3,(H,22,27)(H,23,26). The SMILES string of the molecule is CC(NC(=O)c1ccc(CN2C(=O)CNC2=O)cc1)c1ccc2c(c1)OCCO2.